The fourth-order valence-corrected chi connectivity index (χ4v) is 4.76. The monoisotopic (exact) mass is 434 g/mol. The molecule has 0 N–H and O–H groups in total. The number of aryl methyl sites for hydroxylation is 2. The first kappa shape index (κ1) is 21.7. The van der Waals surface area contributed by atoms with E-state index in [4.69, 9.17) is 11.6 Å². The van der Waals surface area contributed by atoms with Gasteiger partial charge in [-0.05, 0) is 66.8 Å². The number of fused-ring (bicyclic) bond motifs is 1. The Bertz CT molecular complexity index is 1010. The second-order valence-electron chi connectivity index (χ2n) is 8.44. The highest BCUT2D eigenvalue weighted by Crippen LogP contribution is 2.34. The molecule has 1 unspecified atom stereocenters. The molecule has 0 bridgehead atoms. The van der Waals surface area contributed by atoms with Crippen molar-refractivity contribution in [1.82, 2.24) is 9.47 Å². The molecule has 0 radical (unpaired) electrons. The molecule has 3 nitrogen and oxygen atoms in total. The van der Waals surface area contributed by atoms with Crippen LogP contribution in [-0.4, -0.2) is 21.9 Å². The van der Waals surface area contributed by atoms with Crippen molar-refractivity contribution in [1.29, 1.82) is 0 Å². The first-order chi connectivity index (χ1) is 15.2. The number of unbranched alkanes of at least 4 members (excludes halogenated alkanes) is 3. The summed E-state index contributed by atoms with van der Waals surface area (Å²) < 4.78 is 2.26. The number of amides is 1. The van der Waals surface area contributed by atoms with Crippen LogP contribution in [0.4, 0.5) is 0 Å². The van der Waals surface area contributed by atoms with E-state index in [0.717, 1.165) is 42.8 Å². The summed E-state index contributed by atoms with van der Waals surface area (Å²) >= 11 is 6.32. The largest absolute Gasteiger partial charge is 0.349 e. The van der Waals surface area contributed by atoms with Crippen LogP contribution in [0.25, 0.3) is 0 Å². The fraction of sp³-hybridized carbons (Fsp3) is 0.370. The maximum Gasteiger partial charge on any atom is 0.254 e. The Morgan fingerprint density at radius 1 is 1.00 bits per heavy atom. The van der Waals surface area contributed by atoms with Crippen LogP contribution in [0.2, 0.25) is 5.02 Å². The molecule has 31 heavy (non-hydrogen) atoms. The van der Waals surface area contributed by atoms with Gasteiger partial charge in [-0.25, -0.2) is 0 Å². The van der Waals surface area contributed by atoms with Crippen molar-refractivity contribution in [3.05, 3.63) is 94.3 Å². The third-order valence-corrected chi connectivity index (χ3v) is 6.43. The van der Waals surface area contributed by atoms with E-state index in [9.17, 15) is 4.79 Å². The number of nitrogens with zero attached hydrogens (tertiary/aromatic N) is 2. The molecule has 4 rings (SSSR count). The number of hydrogen-bond acceptors (Lipinski definition) is 1. The second kappa shape index (κ2) is 10.2. The molecule has 0 aliphatic carbocycles. The Morgan fingerprint density at radius 3 is 2.61 bits per heavy atom. The third kappa shape index (κ3) is 5.04. The molecule has 0 saturated carbocycles. The number of carbonyl (C=O) groups excluding carboxylic acids is 1. The zero-order valence-electron chi connectivity index (χ0n) is 18.3. The van der Waals surface area contributed by atoms with Crippen molar-refractivity contribution in [2.45, 2.75) is 58.0 Å². The Morgan fingerprint density at radius 2 is 1.84 bits per heavy atom. The zero-order valence-corrected chi connectivity index (χ0v) is 19.0. The zero-order chi connectivity index (χ0) is 21.6. The smallest absolute Gasteiger partial charge is 0.254 e. The molecule has 1 atom stereocenters. The minimum atomic E-state index is -0.141. The lowest BCUT2D eigenvalue weighted by Crippen LogP contribution is -2.35. The lowest BCUT2D eigenvalue weighted by molar-refractivity contribution is 0.0709. The number of halogens is 1. The van der Waals surface area contributed by atoms with Gasteiger partial charge in [0.1, 0.15) is 0 Å². The van der Waals surface area contributed by atoms with Crippen LogP contribution in [0, 0.1) is 0 Å². The maximum absolute atomic E-state index is 13.6. The number of rotatable bonds is 7. The van der Waals surface area contributed by atoms with Gasteiger partial charge >= 0.3 is 0 Å². The predicted molar refractivity (Wildman–Crippen MR) is 128 cm³/mol. The third-order valence-electron chi connectivity index (χ3n) is 6.20. The molecule has 1 aromatic heterocycles. The van der Waals surface area contributed by atoms with E-state index in [1.54, 1.807) is 0 Å². The van der Waals surface area contributed by atoms with Crippen molar-refractivity contribution < 1.29 is 4.79 Å². The molecule has 1 amide bonds. The topological polar surface area (TPSA) is 25.2 Å². The highest BCUT2D eigenvalue weighted by Gasteiger charge is 2.31. The number of hydrogen-bond donors (Lipinski definition) is 0. The van der Waals surface area contributed by atoms with Gasteiger partial charge in [0, 0.05) is 35.6 Å². The van der Waals surface area contributed by atoms with E-state index >= 15 is 0 Å². The van der Waals surface area contributed by atoms with E-state index in [2.05, 4.69) is 48.0 Å². The van der Waals surface area contributed by atoms with Gasteiger partial charge in [0.15, 0.2) is 0 Å². The molecule has 0 saturated heterocycles. The quantitative estimate of drug-likeness (QED) is 0.371. The van der Waals surface area contributed by atoms with Crippen molar-refractivity contribution in [3.8, 4) is 0 Å². The van der Waals surface area contributed by atoms with E-state index < -0.39 is 0 Å². The Labute approximate surface area is 190 Å². The van der Waals surface area contributed by atoms with Crippen LogP contribution in [0.1, 0.15) is 72.2 Å². The summed E-state index contributed by atoms with van der Waals surface area (Å²) in [5, 5.41) is 0.694. The number of carbonyl (C=O) groups is 1. The summed E-state index contributed by atoms with van der Waals surface area (Å²) in [6.07, 6.45) is 9.14. The van der Waals surface area contributed by atoms with Crippen LogP contribution < -0.4 is 0 Å². The lowest BCUT2D eigenvalue weighted by Gasteiger charge is -2.31. The van der Waals surface area contributed by atoms with Crippen LogP contribution in [-0.2, 0) is 13.0 Å². The standard InChI is InChI=1S/C27H31ClN2O/c1-2-3-4-5-9-21-13-15-22(16-14-21)27(31)30-19-8-18-29-17-7-12-25(29)26(30)23-10-6-11-24(28)20-23/h6-7,10-17,20,26H,2-5,8-9,18-19H2,1H3. The van der Waals surface area contributed by atoms with Gasteiger partial charge in [-0.2, -0.15) is 0 Å². The van der Waals surface area contributed by atoms with E-state index in [1.165, 1.54) is 31.2 Å². The average molecular weight is 435 g/mol. The summed E-state index contributed by atoms with van der Waals surface area (Å²) in [4.78, 5) is 15.7. The van der Waals surface area contributed by atoms with Gasteiger partial charge in [-0.15, -0.1) is 0 Å². The van der Waals surface area contributed by atoms with Crippen molar-refractivity contribution >= 4 is 17.5 Å². The summed E-state index contributed by atoms with van der Waals surface area (Å²) in [6, 6.07) is 20.2. The first-order valence-corrected chi connectivity index (χ1v) is 11.9. The first-order valence-electron chi connectivity index (χ1n) is 11.5. The van der Waals surface area contributed by atoms with E-state index in [-0.39, 0.29) is 11.9 Å². The normalized spacial score (nSPS) is 16.1. The van der Waals surface area contributed by atoms with Gasteiger partial charge in [0.2, 0.25) is 0 Å². The van der Waals surface area contributed by atoms with Crippen LogP contribution in [0.15, 0.2) is 66.9 Å². The fourth-order valence-electron chi connectivity index (χ4n) is 4.56. The maximum atomic E-state index is 13.6. The van der Waals surface area contributed by atoms with Crippen LogP contribution in [0.3, 0.4) is 0 Å². The Kier molecular flexibility index (Phi) is 7.14. The van der Waals surface area contributed by atoms with Gasteiger partial charge in [-0.3, -0.25) is 4.79 Å². The van der Waals surface area contributed by atoms with Gasteiger partial charge in [0.05, 0.1) is 6.04 Å². The predicted octanol–water partition coefficient (Wildman–Crippen LogP) is 6.90. The highest BCUT2D eigenvalue weighted by atomic mass is 35.5. The number of aromatic nitrogens is 1. The summed E-state index contributed by atoms with van der Waals surface area (Å²) in [7, 11) is 0. The van der Waals surface area contributed by atoms with Gasteiger partial charge < -0.3 is 9.47 Å². The van der Waals surface area contributed by atoms with Crippen molar-refractivity contribution in [2.75, 3.05) is 6.54 Å². The van der Waals surface area contributed by atoms with E-state index in [0.29, 0.717) is 5.02 Å². The minimum absolute atomic E-state index is 0.0807. The van der Waals surface area contributed by atoms with Crippen molar-refractivity contribution in [2.24, 2.45) is 0 Å². The molecule has 2 heterocycles. The molecule has 2 aromatic carbocycles. The minimum Gasteiger partial charge on any atom is -0.349 e. The SMILES string of the molecule is CCCCCCc1ccc(C(=O)N2CCCn3cccc3C2c2cccc(Cl)c2)cc1. The van der Waals surface area contributed by atoms with Crippen LogP contribution >= 0.6 is 11.6 Å². The number of benzene rings is 2. The van der Waals surface area contributed by atoms with Gasteiger partial charge in [-0.1, -0.05) is 62.1 Å². The molecular formula is C27H31ClN2O. The molecule has 1 aliphatic heterocycles. The summed E-state index contributed by atoms with van der Waals surface area (Å²) in [6.45, 7) is 3.87. The molecule has 0 fully saturated rings. The molecule has 0 spiro atoms. The lowest BCUT2D eigenvalue weighted by atomic mass is 10.00. The molecule has 3 aromatic rings. The van der Waals surface area contributed by atoms with E-state index in [1.807, 2.05) is 35.2 Å². The molecule has 4 heteroatoms. The summed E-state index contributed by atoms with van der Waals surface area (Å²) in [5.41, 5.74) is 4.25. The Hall–Kier alpha value is -2.52. The highest BCUT2D eigenvalue weighted by molar-refractivity contribution is 6.30. The van der Waals surface area contributed by atoms with Crippen LogP contribution in [0.5, 0.6) is 0 Å². The molecule has 162 valence electrons. The van der Waals surface area contributed by atoms with Crippen molar-refractivity contribution in [3.63, 3.8) is 0 Å². The average Bonchev–Trinajstić information content (AvgIpc) is 3.16. The second-order valence-corrected chi connectivity index (χ2v) is 8.88. The molecule has 1 aliphatic rings. The molecular weight excluding hydrogens is 404 g/mol. The summed E-state index contributed by atoms with van der Waals surface area (Å²) in [5.74, 6) is 0.0807. The van der Waals surface area contributed by atoms with Gasteiger partial charge in [0.25, 0.3) is 5.91 Å². The Balaban J connectivity index is 1.59.